The highest BCUT2D eigenvalue weighted by Gasteiger charge is 2.44. The third-order valence-electron chi connectivity index (χ3n) is 14.1. The van der Waals surface area contributed by atoms with E-state index >= 15 is 4.39 Å². The topological polar surface area (TPSA) is 170 Å². The van der Waals surface area contributed by atoms with E-state index in [2.05, 4.69) is 41.0 Å². The standard InChI is InChI=1S/C53H62FN7O8/c1-30-49(48-47(57-30)46(55-29-56-48)38-26-39(54)43(66-6)27-42(38)68-28-32-12-13-32)69-52(64)58-40(24-31-14-17-34(18-15-31)53(2,3)4)51(63)60-22-20-35(21-23-60)61-50(62)37-11-9-8-10-36(37)45(59-61)33-16-19-41(65-5)44(25-33)67-7/h14-19,25-27,29,32,35-37,40,57H,8-13,20-24,28H2,1-7H3,(H,58,64)/t36-,37+,40+/m0/s1. The van der Waals surface area contributed by atoms with E-state index in [0.717, 1.165) is 60.9 Å². The van der Waals surface area contributed by atoms with Crippen LogP contribution in [0, 0.1) is 30.5 Å². The lowest BCUT2D eigenvalue weighted by atomic mass is 9.73. The molecule has 2 aromatic heterocycles. The van der Waals surface area contributed by atoms with Crippen molar-refractivity contribution >= 4 is 34.7 Å². The minimum absolute atomic E-state index is 0.0102. The number of H-pyrrole nitrogens is 1. The number of hydrogen-bond acceptors (Lipinski definition) is 11. The zero-order valence-electron chi connectivity index (χ0n) is 40.5. The number of aromatic amines is 1. The SMILES string of the molecule is COc1cc(OCC2CC2)c(-c2ncnc3c(OC(=O)N[C@H](Cc4ccc(C(C)(C)C)cc4)C(=O)N4CCC(N5N=C(c6ccc(OC)c(OC)c6)[C@H]6CCCC[C@H]6C5=O)CC4)c(C)[nH]c23)cc1F. The summed E-state index contributed by atoms with van der Waals surface area (Å²) in [6.07, 6.45) is 7.55. The maximum atomic E-state index is 15.3. The first-order valence-electron chi connectivity index (χ1n) is 24.1. The van der Waals surface area contributed by atoms with E-state index in [1.807, 2.05) is 42.5 Å². The highest BCUT2D eigenvalue weighted by atomic mass is 19.1. The van der Waals surface area contributed by atoms with Gasteiger partial charge >= 0.3 is 6.09 Å². The van der Waals surface area contributed by atoms with Crippen LogP contribution in [0.3, 0.4) is 0 Å². The number of likely N-dealkylation sites (tertiary alicyclic amines) is 1. The minimum Gasteiger partial charge on any atom is -0.494 e. The van der Waals surface area contributed by atoms with Crippen LogP contribution in [-0.4, -0.2) is 102 Å². The molecule has 364 valence electrons. The summed E-state index contributed by atoms with van der Waals surface area (Å²) in [7, 11) is 4.61. The second kappa shape index (κ2) is 19.7. The molecular weight excluding hydrogens is 882 g/mol. The van der Waals surface area contributed by atoms with E-state index in [0.29, 0.717) is 83.7 Å². The fourth-order valence-electron chi connectivity index (χ4n) is 10.00. The maximum absolute atomic E-state index is 15.3. The van der Waals surface area contributed by atoms with Gasteiger partial charge in [0, 0.05) is 48.5 Å². The van der Waals surface area contributed by atoms with Crippen LogP contribution in [0.2, 0.25) is 0 Å². The van der Waals surface area contributed by atoms with E-state index < -0.39 is 18.0 Å². The van der Waals surface area contributed by atoms with Gasteiger partial charge in [-0.05, 0) is 92.2 Å². The largest absolute Gasteiger partial charge is 0.494 e. The molecule has 3 atom stereocenters. The number of hydrazone groups is 1. The molecule has 2 N–H and O–H groups in total. The molecule has 4 heterocycles. The minimum atomic E-state index is -0.993. The molecule has 4 aliphatic rings. The Kier molecular flexibility index (Phi) is 13.5. The van der Waals surface area contributed by atoms with Crippen molar-refractivity contribution in [3.05, 3.63) is 89.1 Å². The summed E-state index contributed by atoms with van der Waals surface area (Å²) in [5.41, 5.74) is 5.64. The molecule has 0 unspecified atom stereocenters. The second-order valence-corrected chi connectivity index (χ2v) is 19.8. The van der Waals surface area contributed by atoms with Crippen molar-refractivity contribution in [2.75, 3.05) is 41.0 Å². The normalized spacial score (nSPS) is 19.1. The molecule has 15 nitrogen and oxygen atoms in total. The first kappa shape index (κ1) is 47.4. The number of benzene rings is 3. The van der Waals surface area contributed by atoms with Crippen molar-refractivity contribution in [1.29, 1.82) is 0 Å². The van der Waals surface area contributed by atoms with Crippen LogP contribution in [0.5, 0.6) is 28.7 Å². The van der Waals surface area contributed by atoms with E-state index in [1.54, 1.807) is 31.1 Å². The summed E-state index contributed by atoms with van der Waals surface area (Å²) in [5.74, 6) is 1.27. The number of aryl methyl sites for hydroxylation is 1. The number of aromatic nitrogens is 3. The van der Waals surface area contributed by atoms with Gasteiger partial charge in [-0.2, -0.15) is 5.10 Å². The Morgan fingerprint density at radius 2 is 1.57 bits per heavy atom. The first-order valence-corrected chi connectivity index (χ1v) is 24.1. The number of fused-ring (bicyclic) bond motifs is 2. The summed E-state index contributed by atoms with van der Waals surface area (Å²) >= 11 is 0. The number of piperidine rings is 1. The van der Waals surface area contributed by atoms with Crippen LogP contribution in [0.1, 0.15) is 94.5 Å². The van der Waals surface area contributed by atoms with Crippen LogP contribution in [0.4, 0.5) is 9.18 Å². The molecule has 69 heavy (non-hydrogen) atoms. The third-order valence-corrected chi connectivity index (χ3v) is 14.1. The Morgan fingerprint density at radius 3 is 2.25 bits per heavy atom. The highest BCUT2D eigenvalue weighted by Crippen LogP contribution is 2.43. The predicted octanol–water partition coefficient (Wildman–Crippen LogP) is 8.93. The third kappa shape index (κ3) is 9.93. The molecule has 3 amide bonds. The molecule has 3 aromatic carbocycles. The van der Waals surface area contributed by atoms with Crippen molar-refractivity contribution < 1.29 is 42.5 Å². The first-order chi connectivity index (χ1) is 33.2. The van der Waals surface area contributed by atoms with Crippen LogP contribution in [0.15, 0.2) is 66.0 Å². The highest BCUT2D eigenvalue weighted by molar-refractivity contribution is 6.07. The average molecular weight is 944 g/mol. The second-order valence-electron chi connectivity index (χ2n) is 19.8. The predicted molar refractivity (Wildman–Crippen MR) is 259 cm³/mol. The van der Waals surface area contributed by atoms with Gasteiger partial charge in [-0.25, -0.2) is 24.2 Å². The van der Waals surface area contributed by atoms with Gasteiger partial charge in [-0.3, -0.25) is 9.59 Å². The number of carbonyl (C=O) groups excluding carboxylic acids is 3. The van der Waals surface area contributed by atoms with Crippen LogP contribution >= 0.6 is 0 Å². The van der Waals surface area contributed by atoms with E-state index in [4.69, 9.17) is 28.8 Å². The molecule has 1 saturated heterocycles. The van der Waals surface area contributed by atoms with Crippen LogP contribution < -0.4 is 29.0 Å². The molecule has 9 rings (SSSR count). The fraction of sp³-hybridized carbons (Fsp3) is 0.472. The van der Waals surface area contributed by atoms with Crippen molar-refractivity contribution in [1.82, 2.24) is 30.2 Å². The fourth-order valence-corrected chi connectivity index (χ4v) is 10.00. The molecule has 2 aliphatic carbocycles. The molecule has 0 bridgehead atoms. The van der Waals surface area contributed by atoms with Gasteiger partial charge in [-0.1, -0.05) is 57.9 Å². The van der Waals surface area contributed by atoms with Crippen molar-refractivity contribution in [3.63, 3.8) is 0 Å². The number of hydrogen-bond donors (Lipinski definition) is 2. The quantitative estimate of drug-likeness (QED) is 0.110. The van der Waals surface area contributed by atoms with Crippen molar-refractivity contribution in [2.45, 2.75) is 103 Å². The summed E-state index contributed by atoms with van der Waals surface area (Å²) in [4.78, 5) is 57.0. The summed E-state index contributed by atoms with van der Waals surface area (Å²) in [6, 6.07) is 15.5. The Bertz CT molecular complexity index is 2760. The number of halogens is 1. The summed E-state index contributed by atoms with van der Waals surface area (Å²) < 4.78 is 43.8. The average Bonchev–Trinajstić information content (AvgIpc) is 4.14. The van der Waals surface area contributed by atoms with Crippen LogP contribution in [-0.2, 0) is 21.4 Å². The number of rotatable bonds is 14. The van der Waals surface area contributed by atoms with Gasteiger partial charge in [0.15, 0.2) is 28.8 Å². The summed E-state index contributed by atoms with van der Waals surface area (Å²) in [6.45, 7) is 9.35. The molecule has 5 aromatic rings. The monoisotopic (exact) mass is 943 g/mol. The van der Waals surface area contributed by atoms with Crippen LogP contribution in [0.25, 0.3) is 22.3 Å². The van der Waals surface area contributed by atoms with E-state index in [1.165, 1.54) is 25.6 Å². The Morgan fingerprint density at radius 1 is 0.855 bits per heavy atom. The number of carbonyl (C=O) groups is 3. The molecule has 2 saturated carbocycles. The lowest BCUT2D eigenvalue weighted by molar-refractivity contribution is -0.143. The van der Waals surface area contributed by atoms with Gasteiger partial charge in [0.05, 0.1) is 50.9 Å². The number of ether oxygens (including phenoxy) is 5. The van der Waals surface area contributed by atoms with Crippen molar-refractivity contribution in [2.24, 2.45) is 22.9 Å². The summed E-state index contributed by atoms with van der Waals surface area (Å²) in [5, 5.41) is 9.69. The van der Waals surface area contributed by atoms with Gasteiger partial charge < -0.3 is 38.9 Å². The number of nitrogens with one attached hydrogen (secondary N) is 2. The molecule has 3 fully saturated rings. The van der Waals surface area contributed by atoms with Gasteiger partial charge in [0.25, 0.3) is 0 Å². The molecule has 0 spiro atoms. The molecular formula is C53H62FN7O8. The molecule has 16 heteroatoms. The zero-order valence-corrected chi connectivity index (χ0v) is 40.5. The lowest BCUT2D eigenvalue weighted by Gasteiger charge is -2.43. The van der Waals surface area contributed by atoms with Gasteiger partial charge in [0.2, 0.25) is 11.8 Å². The Balaban J connectivity index is 0.950. The molecule has 0 radical (unpaired) electrons. The molecule has 2 aliphatic heterocycles. The van der Waals surface area contributed by atoms with Gasteiger partial charge in [0.1, 0.15) is 29.3 Å². The number of methoxy groups -OCH3 is 3. The number of amides is 3. The van der Waals surface area contributed by atoms with E-state index in [9.17, 15) is 14.4 Å². The Hall–Kier alpha value is -6.71. The lowest BCUT2D eigenvalue weighted by Crippen LogP contribution is -2.56. The van der Waals surface area contributed by atoms with Crippen molar-refractivity contribution in [3.8, 4) is 40.0 Å². The van der Waals surface area contributed by atoms with E-state index in [-0.39, 0.29) is 53.0 Å². The maximum Gasteiger partial charge on any atom is 0.413 e. The smallest absolute Gasteiger partial charge is 0.413 e. The Labute approximate surface area is 402 Å². The number of nitrogens with zero attached hydrogens (tertiary/aromatic N) is 5. The van der Waals surface area contributed by atoms with Gasteiger partial charge in [-0.15, -0.1) is 0 Å². The zero-order chi connectivity index (χ0) is 48.6.